The van der Waals surface area contributed by atoms with E-state index in [0.29, 0.717) is 10.6 Å². The number of ether oxygens (including phenoxy) is 1. The largest absolute Gasteiger partial charge is 0.469 e. The summed E-state index contributed by atoms with van der Waals surface area (Å²) in [5, 5.41) is 3.32. The summed E-state index contributed by atoms with van der Waals surface area (Å²) >= 11 is 5.90. The van der Waals surface area contributed by atoms with E-state index < -0.39 is 27.9 Å². The minimum Gasteiger partial charge on any atom is -0.469 e. The van der Waals surface area contributed by atoms with E-state index in [1.54, 1.807) is 24.3 Å². The molecule has 0 spiro atoms. The van der Waals surface area contributed by atoms with Crippen molar-refractivity contribution in [3.05, 3.63) is 64.7 Å². The Morgan fingerprint density at radius 3 is 2.28 bits per heavy atom. The van der Waals surface area contributed by atoms with Crippen molar-refractivity contribution in [3.63, 3.8) is 0 Å². The summed E-state index contributed by atoms with van der Waals surface area (Å²) in [4.78, 5) is 24.5. The van der Waals surface area contributed by atoms with Gasteiger partial charge < -0.3 is 10.1 Å². The predicted octanol–water partition coefficient (Wildman–Crippen LogP) is 2.81. The number of halogens is 1. The number of benzene rings is 2. The summed E-state index contributed by atoms with van der Waals surface area (Å²) in [5.74, 6) is -0.911. The molecule has 1 fully saturated rings. The van der Waals surface area contributed by atoms with E-state index in [1.807, 2.05) is 0 Å². The lowest BCUT2D eigenvalue weighted by molar-refractivity contribution is -0.141. The Kier molecular flexibility index (Phi) is 6.56. The molecule has 154 valence electrons. The van der Waals surface area contributed by atoms with Crippen LogP contribution in [0.3, 0.4) is 0 Å². The summed E-state index contributed by atoms with van der Waals surface area (Å²) in [6.45, 7) is 0. The molecule has 29 heavy (non-hydrogen) atoms. The Hall–Kier alpha value is -2.42. The quantitative estimate of drug-likeness (QED) is 0.619. The molecule has 1 unspecified atom stereocenters. The van der Waals surface area contributed by atoms with Crippen LogP contribution in [0.15, 0.2) is 53.4 Å². The maximum Gasteiger partial charge on any atom is 0.307 e. The Labute approximate surface area is 174 Å². The highest BCUT2D eigenvalue weighted by Crippen LogP contribution is 2.23. The first-order valence-electron chi connectivity index (χ1n) is 9.04. The van der Waals surface area contributed by atoms with Crippen LogP contribution in [-0.2, 0) is 19.6 Å². The first-order valence-corrected chi connectivity index (χ1v) is 10.9. The van der Waals surface area contributed by atoms with Gasteiger partial charge in [-0.05, 0) is 54.8 Å². The van der Waals surface area contributed by atoms with Crippen LogP contribution in [0, 0.1) is 0 Å². The third kappa shape index (κ3) is 5.79. The van der Waals surface area contributed by atoms with Crippen LogP contribution >= 0.6 is 11.6 Å². The minimum atomic E-state index is -3.58. The van der Waals surface area contributed by atoms with Crippen LogP contribution < -0.4 is 10.0 Å². The van der Waals surface area contributed by atoms with Gasteiger partial charge in [0.15, 0.2) is 0 Å². The fraction of sp³-hybridized carbons (Fsp3) is 0.300. The molecule has 0 aliphatic heterocycles. The number of esters is 1. The van der Waals surface area contributed by atoms with Gasteiger partial charge in [0.25, 0.3) is 5.91 Å². The molecular formula is C20H21ClN2O5S. The van der Waals surface area contributed by atoms with E-state index >= 15 is 0 Å². The van der Waals surface area contributed by atoms with Gasteiger partial charge in [-0.15, -0.1) is 0 Å². The maximum absolute atomic E-state index is 12.7. The van der Waals surface area contributed by atoms with E-state index in [4.69, 9.17) is 16.3 Å². The number of methoxy groups -OCH3 is 1. The van der Waals surface area contributed by atoms with Gasteiger partial charge in [0, 0.05) is 16.6 Å². The van der Waals surface area contributed by atoms with Crippen molar-refractivity contribution >= 4 is 33.5 Å². The molecule has 3 rings (SSSR count). The van der Waals surface area contributed by atoms with Crippen LogP contribution in [0.4, 0.5) is 0 Å². The van der Waals surface area contributed by atoms with Crippen molar-refractivity contribution in [3.8, 4) is 0 Å². The Morgan fingerprint density at radius 1 is 1.10 bits per heavy atom. The van der Waals surface area contributed by atoms with Crippen molar-refractivity contribution in [2.45, 2.75) is 36.2 Å². The molecule has 9 heteroatoms. The highest BCUT2D eigenvalue weighted by Gasteiger charge is 2.28. The van der Waals surface area contributed by atoms with E-state index in [2.05, 4.69) is 10.0 Å². The maximum atomic E-state index is 12.7. The van der Waals surface area contributed by atoms with Gasteiger partial charge in [-0.3, -0.25) is 9.59 Å². The lowest BCUT2D eigenvalue weighted by Gasteiger charge is -2.18. The normalized spacial score (nSPS) is 14.8. The van der Waals surface area contributed by atoms with Gasteiger partial charge in [-0.25, -0.2) is 13.1 Å². The average molecular weight is 437 g/mol. The van der Waals surface area contributed by atoms with E-state index in [9.17, 15) is 18.0 Å². The number of carbonyl (C=O) groups is 2. The summed E-state index contributed by atoms with van der Waals surface area (Å²) in [6.07, 6.45) is 1.62. The van der Waals surface area contributed by atoms with Crippen molar-refractivity contribution < 1.29 is 22.7 Å². The fourth-order valence-corrected chi connectivity index (χ4v) is 4.14. The molecule has 1 aliphatic rings. The number of carbonyl (C=O) groups excluding carboxylic acids is 2. The minimum absolute atomic E-state index is 0.00132. The highest BCUT2D eigenvalue weighted by molar-refractivity contribution is 7.89. The predicted molar refractivity (Wildman–Crippen MR) is 108 cm³/mol. The van der Waals surface area contributed by atoms with Crippen molar-refractivity contribution in [1.82, 2.24) is 10.0 Å². The average Bonchev–Trinajstić information content (AvgIpc) is 3.51. The summed E-state index contributed by atoms with van der Waals surface area (Å²) in [6, 6.07) is 11.8. The lowest BCUT2D eigenvalue weighted by Crippen LogP contribution is -2.30. The molecule has 0 saturated heterocycles. The van der Waals surface area contributed by atoms with Crippen LogP contribution in [0.25, 0.3) is 0 Å². The van der Waals surface area contributed by atoms with Crippen molar-refractivity contribution in [2.75, 3.05) is 7.11 Å². The summed E-state index contributed by atoms with van der Waals surface area (Å²) in [5.41, 5.74) is 0.972. The highest BCUT2D eigenvalue weighted by atomic mass is 35.5. The van der Waals surface area contributed by atoms with Crippen LogP contribution in [0.2, 0.25) is 5.02 Å². The topological polar surface area (TPSA) is 102 Å². The van der Waals surface area contributed by atoms with Gasteiger partial charge in [0.1, 0.15) is 0 Å². The van der Waals surface area contributed by atoms with Crippen LogP contribution in [0.5, 0.6) is 0 Å². The Bertz CT molecular complexity index is 987. The second-order valence-corrected chi connectivity index (χ2v) is 8.93. The zero-order valence-electron chi connectivity index (χ0n) is 15.7. The van der Waals surface area contributed by atoms with Crippen molar-refractivity contribution in [2.24, 2.45) is 0 Å². The first kappa shape index (κ1) is 21.3. The van der Waals surface area contributed by atoms with Gasteiger partial charge >= 0.3 is 5.97 Å². The zero-order chi connectivity index (χ0) is 21.0. The number of hydrogen-bond acceptors (Lipinski definition) is 5. The molecule has 0 aromatic heterocycles. The molecule has 7 nitrogen and oxygen atoms in total. The van der Waals surface area contributed by atoms with Crippen molar-refractivity contribution in [1.29, 1.82) is 0 Å². The third-order valence-electron chi connectivity index (χ3n) is 4.50. The van der Waals surface area contributed by atoms with E-state index in [0.717, 1.165) is 12.8 Å². The molecule has 0 radical (unpaired) electrons. The van der Waals surface area contributed by atoms with Gasteiger partial charge in [0.2, 0.25) is 10.0 Å². The van der Waals surface area contributed by atoms with Gasteiger partial charge in [-0.1, -0.05) is 23.7 Å². The molecule has 1 aliphatic carbocycles. The SMILES string of the molecule is COC(=O)CC(NC(=O)c1ccc(S(=O)(=O)NC2CC2)cc1)c1ccc(Cl)cc1. The zero-order valence-corrected chi connectivity index (χ0v) is 17.3. The van der Waals surface area contributed by atoms with Gasteiger partial charge in [0.05, 0.1) is 24.5 Å². The van der Waals surface area contributed by atoms with Gasteiger partial charge in [-0.2, -0.15) is 0 Å². The Morgan fingerprint density at radius 2 is 1.72 bits per heavy atom. The fourth-order valence-electron chi connectivity index (χ4n) is 2.71. The molecule has 2 aromatic carbocycles. The first-order chi connectivity index (χ1) is 13.8. The molecule has 1 atom stereocenters. The van der Waals surface area contributed by atoms with E-state index in [-0.39, 0.29) is 22.9 Å². The number of sulfonamides is 1. The number of nitrogens with one attached hydrogen (secondary N) is 2. The summed E-state index contributed by atoms with van der Waals surface area (Å²) < 4.78 is 31.8. The molecule has 2 aromatic rings. The lowest BCUT2D eigenvalue weighted by atomic mass is 10.0. The molecule has 1 amide bonds. The molecule has 1 saturated carbocycles. The molecular weight excluding hydrogens is 416 g/mol. The van der Waals surface area contributed by atoms with E-state index in [1.165, 1.54) is 31.4 Å². The second kappa shape index (κ2) is 8.94. The second-order valence-electron chi connectivity index (χ2n) is 6.78. The molecule has 0 bridgehead atoms. The number of rotatable bonds is 8. The Balaban J connectivity index is 1.74. The molecule has 2 N–H and O–H groups in total. The molecule has 0 heterocycles. The standard InChI is InChI=1S/C20H21ClN2O5S/c1-28-19(24)12-18(13-2-6-15(21)7-3-13)22-20(25)14-4-10-17(11-5-14)29(26,27)23-16-8-9-16/h2-7,10-11,16,18,23H,8-9,12H2,1H3,(H,22,25). The number of amides is 1. The smallest absolute Gasteiger partial charge is 0.307 e. The third-order valence-corrected chi connectivity index (χ3v) is 6.29. The van der Waals surface area contributed by atoms with Crippen LogP contribution in [0.1, 0.15) is 41.2 Å². The summed E-state index contributed by atoms with van der Waals surface area (Å²) in [7, 11) is -2.31. The monoisotopic (exact) mass is 436 g/mol. The van der Waals surface area contributed by atoms with Crippen LogP contribution in [-0.4, -0.2) is 33.4 Å². The number of hydrogen-bond donors (Lipinski definition) is 2.